The van der Waals surface area contributed by atoms with Crippen LogP contribution in [0, 0.1) is 0 Å². The predicted octanol–water partition coefficient (Wildman–Crippen LogP) is 3.31. The van der Waals surface area contributed by atoms with E-state index in [0.717, 1.165) is 16.7 Å². The van der Waals surface area contributed by atoms with E-state index in [0.29, 0.717) is 5.02 Å². The molecule has 0 aliphatic rings. The maximum absolute atomic E-state index is 11.9. The number of amides is 1. The lowest BCUT2D eigenvalue weighted by Gasteiger charge is -2.12. The molecule has 5 heteroatoms. The van der Waals surface area contributed by atoms with E-state index in [1.54, 1.807) is 6.92 Å². The lowest BCUT2D eigenvalue weighted by Crippen LogP contribution is -2.32. The van der Waals surface area contributed by atoms with Crippen LogP contribution in [0.3, 0.4) is 0 Å². The number of nitrogens with one attached hydrogen (secondary N) is 1. The highest BCUT2D eigenvalue weighted by molar-refractivity contribution is 6.33. The fraction of sp³-hybridized carbons (Fsp3) is 0.176. The highest BCUT2D eigenvalue weighted by Crippen LogP contribution is 2.28. The Morgan fingerprint density at radius 1 is 1.14 bits per heavy atom. The number of carbonyl (C=O) groups is 2. The van der Waals surface area contributed by atoms with Crippen LogP contribution in [0.25, 0.3) is 11.1 Å². The molecule has 0 aliphatic heterocycles. The number of aliphatic carboxylic acids is 1. The molecule has 0 saturated carbocycles. The summed E-state index contributed by atoms with van der Waals surface area (Å²) in [5.74, 6) is -1.79. The number of rotatable bonds is 5. The van der Waals surface area contributed by atoms with Crippen LogP contribution in [-0.4, -0.2) is 23.5 Å². The Kier molecular flexibility index (Phi) is 5.17. The molecule has 0 saturated heterocycles. The Hall–Kier alpha value is -2.33. The molecule has 0 spiro atoms. The van der Waals surface area contributed by atoms with Crippen molar-refractivity contribution in [2.24, 2.45) is 0 Å². The molecule has 22 heavy (non-hydrogen) atoms. The molecule has 4 nitrogen and oxygen atoms in total. The van der Waals surface area contributed by atoms with Crippen LogP contribution in [0.1, 0.15) is 18.4 Å². The molecule has 0 radical (unpaired) electrons. The van der Waals surface area contributed by atoms with Crippen LogP contribution < -0.4 is 5.32 Å². The molecule has 2 rings (SSSR count). The molecular formula is C17H16ClNO3. The highest BCUT2D eigenvalue weighted by atomic mass is 35.5. The first-order valence-corrected chi connectivity index (χ1v) is 7.21. The first-order valence-electron chi connectivity index (χ1n) is 6.83. The first kappa shape index (κ1) is 16.0. The lowest BCUT2D eigenvalue weighted by molar-refractivity contribution is -0.138. The van der Waals surface area contributed by atoms with Gasteiger partial charge >= 0.3 is 5.97 Å². The predicted molar refractivity (Wildman–Crippen MR) is 85.9 cm³/mol. The van der Waals surface area contributed by atoms with Gasteiger partial charge < -0.3 is 10.4 Å². The molecule has 0 aromatic heterocycles. The maximum atomic E-state index is 11.9. The number of carboxylic acid groups (broad SMARTS) is 1. The molecule has 1 amide bonds. The van der Waals surface area contributed by atoms with E-state index >= 15 is 0 Å². The smallest absolute Gasteiger partial charge is 0.322 e. The summed E-state index contributed by atoms with van der Waals surface area (Å²) in [6.07, 6.45) is 0. The summed E-state index contributed by atoms with van der Waals surface area (Å²) < 4.78 is 0. The number of hydrogen-bond donors (Lipinski definition) is 2. The monoisotopic (exact) mass is 317 g/mol. The van der Waals surface area contributed by atoms with Crippen molar-refractivity contribution in [2.75, 3.05) is 6.54 Å². The lowest BCUT2D eigenvalue weighted by atomic mass is 9.97. The van der Waals surface area contributed by atoms with Gasteiger partial charge in [0.2, 0.25) is 5.91 Å². The molecule has 2 aromatic carbocycles. The second-order valence-electron chi connectivity index (χ2n) is 4.94. The summed E-state index contributed by atoms with van der Waals surface area (Å²) in [4.78, 5) is 22.3. The maximum Gasteiger partial charge on any atom is 0.322 e. The molecule has 0 bridgehead atoms. The summed E-state index contributed by atoms with van der Waals surface area (Å²) in [7, 11) is 0. The third kappa shape index (κ3) is 3.86. The van der Waals surface area contributed by atoms with Crippen molar-refractivity contribution < 1.29 is 14.7 Å². The van der Waals surface area contributed by atoms with Gasteiger partial charge in [-0.15, -0.1) is 0 Å². The fourth-order valence-corrected chi connectivity index (χ4v) is 2.36. The van der Waals surface area contributed by atoms with Crippen molar-refractivity contribution in [3.8, 4) is 11.1 Å². The van der Waals surface area contributed by atoms with Gasteiger partial charge in [-0.25, -0.2) is 0 Å². The van der Waals surface area contributed by atoms with Gasteiger partial charge in [0.1, 0.15) is 6.54 Å². The highest BCUT2D eigenvalue weighted by Gasteiger charge is 2.16. The molecule has 2 aromatic rings. The summed E-state index contributed by atoms with van der Waals surface area (Å²) in [5, 5.41) is 11.6. The van der Waals surface area contributed by atoms with Crippen molar-refractivity contribution in [3.63, 3.8) is 0 Å². The van der Waals surface area contributed by atoms with Crippen molar-refractivity contribution >= 4 is 23.5 Å². The zero-order valence-corrected chi connectivity index (χ0v) is 12.8. The average molecular weight is 318 g/mol. The van der Waals surface area contributed by atoms with E-state index in [1.165, 1.54) is 0 Å². The quantitative estimate of drug-likeness (QED) is 0.889. The largest absolute Gasteiger partial charge is 0.480 e. The van der Waals surface area contributed by atoms with Gasteiger partial charge in [0.15, 0.2) is 0 Å². The normalized spacial score (nSPS) is 11.7. The Morgan fingerprint density at radius 3 is 2.36 bits per heavy atom. The zero-order chi connectivity index (χ0) is 16.1. The van der Waals surface area contributed by atoms with E-state index < -0.39 is 11.9 Å². The van der Waals surface area contributed by atoms with Crippen molar-refractivity contribution in [1.29, 1.82) is 0 Å². The minimum atomic E-state index is -1.06. The van der Waals surface area contributed by atoms with Gasteiger partial charge in [0, 0.05) is 10.6 Å². The Balaban J connectivity index is 2.13. The van der Waals surface area contributed by atoms with Gasteiger partial charge in [-0.2, -0.15) is 0 Å². The molecule has 2 N–H and O–H groups in total. The first-order chi connectivity index (χ1) is 10.5. The summed E-state index contributed by atoms with van der Waals surface area (Å²) in [5.41, 5.74) is 2.71. The van der Waals surface area contributed by atoms with Crippen molar-refractivity contribution in [1.82, 2.24) is 5.32 Å². The molecule has 114 valence electrons. The molecular weight excluding hydrogens is 302 g/mol. The van der Waals surface area contributed by atoms with Gasteiger partial charge in [0.25, 0.3) is 0 Å². The fourth-order valence-electron chi connectivity index (χ4n) is 2.11. The van der Waals surface area contributed by atoms with E-state index in [4.69, 9.17) is 16.7 Å². The standard InChI is InChI=1S/C17H16ClNO3/c1-11(17(22)19-10-16(20)21)12-6-8-13(9-7-12)14-4-2-3-5-15(14)18/h2-9,11H,10H2,1H3,(H,19,22)(H,20,21). The molecule has 0 heterocycles. The SMILES string of the molecule is CC(C(=O)NCC(=O)O)c1ccc(-c2ccccc2Cl)cc1. The summed E-state index contributed by atoms with van der Waals surface area (Å²) in [6, 6.07) is 15.0. The van der Waals surface area contributed by atoms with E-state index in [9.17, 15) is 9.59 Å². The minimum Gasteiger partial charge on any atom is -0.480 e. The van der Waals surface area contributed by atoms with Crippen molar-refractivity contribution in [2.45, 2.75) is 12.8 Å². The second kappa shape index (κ2) is 7.09. The average Bonchev–Trinajstić information content (AvgIpc) is 2.52. The van der Waals surface area contributed by atoms with Crippen LogP contribution in [0.15, 0.2) is 48.5 Å². The summed E-state index contributed by atoms with van der Waals surface area (Å²) in [6.45, 7) is 1.36. The number of hydrogen-bond acceptors (Lipinski definition) is 2. The summed E-state index contributed by atoms with van der Waals surface area (Å²) >= 11 is 6.16. The number of carboxylic acids is 1. The van der Waals surface area contributed by atoms with E-state index in [1.807, 2.05) is 48.5 Å². The molecule has 1 atom stereocenters. The Labute approximate surface area is 133 Å². The van der Waals surface area contributed by atoms with Crippen molar-refractivity contribution in [3.05, 3.63) is 59.1 Å². The van der Waals surface area contributed by atoms with Gasteiger partial charge in [0.05, 0.1) is 5.92 Å². The van der Waals surface area contributed by atoms with Gasteiger partial charge in [-0.1, -0.05) is 54.1 Å². The van der Waals surface area contributed by atoms with E-state index in [2.05, 4.69) is 5.32 Å². The van der Waals surface area contributed by atoms with Crippen LogP contribution in [0.5, 0.6) is 0 Å². The van der Waals surface area contributed by atoms with Crippen LogP contribution in [0.4, 0.5) is 0 Å². The van der Waals surface area contributed by atoms with E-state index in [-0.39, 0.29) is 12.5 Å². The third-order valence-corrected chi connectivity index (χ3v) is 3.73. The van der Waals surface area contributed by atoms with Crippen LogP contribution in [0.2, 0.25) is 5.02 Å². The number of carbonyl (C=O) groups excluding carboxylic acids is 1. The number of benzene rings is 2. The van der Waals surface area contributed by atoms with Gasteiger partial charge in [-0.3, -0.25) is 9.59 Å². The molecule has 0 aliphatic carbocycles. The van der Waals surface area contributed by atoms with Gasteiger partial charge in [-0.05, 0) is 24.1 Å². The molecule has 0 fully saturated rings. The van der Waals surface area contributed by atoms with Crippen LogP contribution in [-0.2, 0) is 9.59 Å². The number of halogens is 1. The Bertz CT molecular complexity index is 683. The molecule has 1 unspecified atom stereocenters. The topological polar surface area (TPSA) is 66.4 Å². The third-order valence-electron chi connectivity index (χ3n) is 3.40. The second-order valence-corrected chi connectivity index (χ2v) is 5.34. The van der Waals surface area contributed by atoms with Crippen LogP contribution >= 0.6 is 11.6 Å². The Morgan fingerprint density at radius 2 is 1.77 bits per heavy atom. The zero-order valence-electron chi connectivity index (χ0n) is 12.0. The minimum absolute atomic E-state index is 0.312.